The van der Waals surface area contributed by atoms with Crippen molar-refractivity contribution in [3.05, 3.63) is 0 Å². The molecular formula is C7H17N3. The Morgan fingerprint density at radius 3 is 3.10 bits per heavy atom. The van der Waals surface area contributed by atoms with Gasteiger partial charge >= 0.3 is 0 Å². The first-order chi connectivity index (χ1) is 4.93. The fraction of sp³-hybridized carbons (Fsp3) is 1.00. The first kappa shape index (κ1) is 7.98. The summed E-state index contributed by atoms with van der Waals surface area (Å²) in [5, 5.41) is 5.65. The van der Waals surface area contributed by atoms with Gasteiger partial charge in [-0.15, -0.1) is 0 Å². The summed E-state index contributed by atoms with van der Waals surface area (Å²) >= 11 is 0. The van der Waals surface area contributed by atoms with Crippen LogP contribution < -0.4 is 10.7 Å². The Kier molecular flexibility index (Phi) is 3.72. The molecule has 0 spiro atoms. The standard InChI is InChI=1S/C7H17N3/c1-2-9-10-6-3-4-8-5-7-10/h8-9H,2-7H2,1H3. The second-order valence-electron chi connectivity index (χ2n) is 2.60. The van der Waals surface area contributed by atoms with Crippen molar-refractivity contribution in [2.45, 2.75) is 13.3 Å². The van der Waals surface area contributed by atoms with Crippen LogP contribution in [0.3, 0.4) is 0 Å². The molecule has 1 heterocycles. The van der Waals surface area contributed by atoms with Crippen LogP contribution in [0, 0.1) is 0 Å². The van der Waals surface area contributed by atoms with Gasteiger partial charge in [-0.05, 0) is 13.0 Å². The maximum atomic E-state index is 3.35. The summed E-state index contributed by atoms with van der Waals surface area (Å²) < 4.78 is 0. The van der Waals surface area contributed by atoms with Crippen LogP contribution in [0.5, 0.6) is 0 Å². The Morgan fingerprint density at radius 1 is 1.40 bits per heavy atom. The van der Waals surface area contributed by atoms with E-state index in [0.717, 1.165) is 19.6 Å². The van der Waals surface area contributed by atoms with Gasteiger partial charge in [-0.25, -0.2) is 5.01 Å². The third-order valence-electron chi connectivity index (χ3n) is 1.72. The number of nitrogens with one attached hydrogen (secondary N) is 2. The Balaban J connectivity index is 2.15. The summed E-state index contributed by atoms with van der Waals surface area (Å²) in [6.45, 7) is 7.78. The smallest absolute Gasteiger partial charge is 0.0256 e. The van der Waals surface area contributed by atoms with Gasteiger partial charge < -0.3 is 5.32 Å². The second-order valence-corrected chi connectivity index (χ2v) is 2.60. The van der Waals surface area contributed by atoms with Gasteiger partial charge in [-0.1, -0.05) is 6.92 Å². The van der Waals surface area contributed by atoms with Gasteiger partial charge in [0.2, 0.25) is 0 Å². The van der Waals surface area contributed by atoms with Gasteiger partial charge in [0.15, 0.2) is 0 Å². The summed E-state index contributed by atoms with van der Waals surface area (Å²) in [5.41, 5.74) is 3.32. The summed E-state index contributed by atoms with van der Waals surface area (Å²) in [4.78, 5) is 0. The minimum atomic E-state index is 1.04. The highest BCUT2D eigenvalue weighted by Crippen LogP contribution is 1.89. The molecule has 1 aliphatic rings. The summed E-state index contributed by atoms with van der Waals surface area (Å²) in [6.07, 6.45) is 1.26. The van der Waals surface area contributed by atoms with E-state index in [1.54, 1.807) is 0 Å². The molecule has 10 heavy (non-hydrogen) atoms. The minimum Gasteiger partial charge on any atom is -0.315 e. The molecule has 3 nitrogen and oxygen atoms in total. The Bertz CT molecular complexity index is 76.9. The third kappa shape index (κ3) is 2.64. The van der Waals surface area contributed by atoms with Crippen molar-refractivity contribution >= 4 is 0 Å². The normalized spacial score (nSPS) is 22.5. The lowest BCUT2D eigenvalue weighted by Gasteiger charge is -2.18. The first-order valence-corrected chi connectivity index (χ1v) is 4.12. The molecule has 0 unspecified atom stereocenters. The van der Waals surface area contributed by atoms with E-state index >= 15 is 0 Å². The lowest BCUT2D eigenvalue weighted by atomic mass is 10.4. The molecular weight excluding hydrogens is 126 g/mol. The zero-order valence-electron chi connectivity index (χ0n) is 6.69. The molecule has 0 saturated carbocycles. The minimum absolute atomic E-state index is 1.04. The molecule has 1 saturated heterocycles. The zero-order chi connectivity index (χ0) is 7.23. The van der Waals surface area contributed by atoms with Crippen LogP contribution in [-0.2, 0) is 0 Å². The van der Waals surface area contributed by atoms with Crippen LogP contribution in [0.1, 0.15) is 13.3 Å². The fourth-order valence-electron chi connectivity index (χ4n) is 1.23. The van der Waals surface area contributed by atoms with Crippen molar-refractivity contribution in [1.29, 1.82) is 0 Å². The Morgan fingerprint density at radius 2 is 2.30 bits per heavy atom. The van der Waals surface area contributed by atoms with Gasteiger partial charge in [-0.2, -0.15) is 0 Å². The van der Waals surface area contributed by atoms with Crippen molar-refractivity contribution in [2.75, 3.05) is 32.7 Å². The van der Waals surface area contributed by atoms with E-state index in [4.69, 9.17) is 0 Å². The van der Waals surface area contributed by atoms with Crippen molar-refractivity contribution in [2.24, 2.45) is 0 Å². The van der Waals surface area contributed by atoms with Crippen molar-refractivity contribution in [3.63, 3.8) is 0 Å². The molecule has 1 aliphatic heterocycles. The monoisotopic (exact) mass is 143 g/mol. The van der Waals surface area contributed by atoms with E-state index in [-0.39, 0.29) is 0 Å². The average Bonchev–Trinajstić information content (AvgIpc) is 2.17. The van der Waals surface area contributed by atoms with Gasteiger partial charge in [0.05, 0.1) is 0 Å². The number of nitrogens with zero attached hydrogens (tertiary/aromatic N) is 1. The molecule has 1 rings (SSSR count). The molecule has 0 amide bonds. The SMILES string of the molecule is CCNN1CCCNCC1. The number of hydrogen-bond acceptors (Lipinski definition) is 3. The topological polar surface area (TPSA) is 27.3 Å². The van der Waals surface area contributed by atoms with E-state index < -0.39 is 0 Å². The summed E-state index contributed by atoms with van der Waals surface area (Å²) in [7, 11) is 0. The highest BCUT2D eigenvalue weighted by Gasteiger charge is 2.05. The molecule has 0 atom stereocenters. The molecule has 3 heteroatoms. The lowest BCUT2D eigenvalue weighted by molar-refractivity contribution is 0.206. The van der Waals surface area contributed by atoms with E-state index in [0.29, 0.717) is 0 Å². The van der Waals surface area contributed by atoms with E-state index in [9.17, 15) is 0 Å². The van der Waals surface area contributed by atoms with Crippen LogP contribution >= 0.6 is 0 Å². The molecule has 0 aliphatic carbocycles. The lowest BCUT2D eigenvalue weighted by Crippen LogP contribution is -2.40. The van der Waals surface area contributed by atoms with Crippen LogP contribution in [0.4, 0.5) is 0 Å². The second kappa shape index (κ2) is 4.66. The van der Waals surface area contributed by atoms with Crippen molar-refractivity contribution < 1.29 is 0 Å². The molecule has 0 aromatic heterocycles. The predicted molar refractivity (Wildman–Crippen MR) is 42.7 cm³/mol. The van der Waals surface area contributed by atoms with Crippen molar-refractivity contribution in [1.82, 2.24) is 15.8 Å². The highest BCUT2D eigenvalue weighted by molar-refractivity contribution is 4.61. The van der Waals surface area contributed by atoms with Gasteiger partial charge in [0.1, 0.15) is 0 Å². The molecule has 0 bridgehead atoms. The number of hydrogen-bond donors (Lipinski definition) is 2. The van der Waals surface area contributed by atoms with Crippen molar-refractivity contribution in [3.8, 4) is 0 Å². The largest absolute Gasteiger partial charge is 0.315 e. The molecule has 0 aromatic carbocycles. The Hall–Kier alpha value is -0.120. The van der Waals surface area contributed by atoms with Crippen LogP contribution in [0.25, 0.3) is 0 Å². The summed E-state index contributed by atoms with van der Waals surface area (Å²) in [6, 6.07) is 0. The van der Waals surface area contributed by atoms with Gasteiger partial charge in [0, 0.05) is 26.2 Å². The van der Waals surface area contributed by atoms with Crippen LogP contribution in [0.2, 0.25) is 0 Å². The van der Waals surface area contributed by atoms with Gasteiger partial charge in [-0.3, -0.25) is 5.43 Å². The fourth-order valence-corrected chi connectivity index (χ4v) is 1.23. The van der Waals surface area contributed by atoms with E-state index in [1.165, 1.54) is 19.5 Å². The zero-order valence-corrected chi connectivity index (χ0v) is 6.69. The molecule has 2 N–H and O–H groups in total. The number of hydrazine groups is 1. The molecule has 0 aromatic rings. The average molecular weight is 143 g/mol. The molecule has 60 valence electrons. The van der Waals surface area contributed by atoms with E-state index in [1.807, 2.05) is 0 Å². The quantitative estimate of drug-likeness (QED) is 0.561. The summed E-state index contributed by atoms with van der Waals surface area (Å²) in [5.74, 6) is 0. The maximum Gasteiger partial charge on any atom is 0.0256 e. The van der Waals surface area contributed by atoms with Gasteiger partial charge in [0.25, 0.3) is 0 Å². The molecule has 0 radical (unpaired) electrons. The Labute approximate surface area is 62.8 Å². The maximum absolute atomic E-state index is 3.35. The molecule has 1 fully saturated rings. The first-order valence-electron chi connectivity index (χ1n) is 4.12. The van der Waals surface area contributed by atoms with Crippen LogP contribution in [-0.4, -0.2) is 37.7 Å². The number of rotatable bonds is 2. The highest BCUT2D eigenvalue weighted by atomic mass is 15.5. The third-order valence-corrected chi connectivity index (χ3v) is 1.72. The predicted octanol–water partition coefficient (Wildman–Crippen LogP) is -0.194. The van der Waals surface area contributed by atoms with E-state index in [2.05, 4.69) is 22.7 Å². The van der Waals surface area contributed by atoms with Crippen LogP contribution in [0.15, 0.2) is 0 Å².